The minimum Gasteiger partial charge on any atom is -0.493 e. The van der Waals surface area contributed by atoms with Crippen LogP contribution < -0.4 is 14.4 Å². The Balaban J connectivity index is 1.96. The molecule has 0 atom stereocenters. The number of amides is 1. The number of anilines is 1. The van der Waals surface area contributed by atoms with Gasteiger partial charge in [0.1, 0.15) is 0 Å². The van der Waals surface area contributed by atoms with E-state index in [4.69, 9.17) is 14.7 Å². The molecule has 0 unspecified atom stereocenters. The van der Waals surface area contributed by atoms with E-state index in [-0.39, 0.29) is 5.91 Å². The largest absolute Gasteiger partial charge is 0.493 e. The summed E-state index contributed by atoms with van der Waals surface area (Å²) in [5, 5.41) is 11.6. The van der Waals surface area contributed by atoms with Crippen molar-refractivity contribution in [1.82, 2.24) is 0 Å². The van der Waals surface area contributed by atoms with Crippen molar-refractivity contribution in [3.8, 4) is 11.5 Å². The molecule has 0 saturated heterocycles. The number of carbonyl (C=O) groups excluding carboxylic acids is 1. The van der Waals surface area contributed by atoms with E-state index in [1.807, 2.05) is 18.2 Å². The zero-order valence-electron chi connectivity index (χ0n) is 12.8. The van der Waals surface area contributed by atoms with Crippen molar-refractivity contribution in [2.24, 2.45) is 5.16 Å². The molecule has 0 bridgehead atoms. The van der Waals surface area contributed by atoms with Crippen LogP contribution in [0.25, 0.3) is 0 Å². The van der Waals surface area contributed by atoms with Crippen molar-refractivity contribution in [3.63, 3.8) is 0 Å². The molecule has 1 aliphatic heterocycles. The number of benzene rings is 2. The van der Waals surface area contributed by atoms with Crippen molar-refractivity contribution >= 4 is 17.8 Å². The highest BCUT2D eigenvalue weighted by atomic mass is 16.5. The van der Waals surface area contributed by atoms with Crippen molar-refractivity contribution in [2.75, 3.05) is 19.1 Å². The van der Waals surface area contributed by atoms with E-state index in [1.54, 1.807) is 37.3 Å². The first-order valence-corrected chi connectivity index (χ1v) is 7.02. The summed E-state index contributed by atoms with van der Waals surface area (Å²) in [7, 11) is 3.13. The summed E-state index contributed by atoms with van der Waals surface area (Å²) in [6, 6.07) is 10.8. The molecule has 1 heterocycles. The summed E-state index contributed by atoms with van der Waals surface area (Å²) in [6.45, 7) is 0.486. The van der Waals surface area contributed by atoms with Crippen molar-refractivity contribution < 1.29 is 19.5 Å². The summed E-state index contributed by atoms with van der Waals surface area (Å²) < 4.78 is 10.5. The summed E-state index contributed by atoms with van der Waals surface area (Å²) in [5.74, 6) is 1.09. The first-order valence-electron chi connectivity index (χ1n) is 7.02. The summed E-state index contributed by atoms with van der Waals surface area (Å²) in [4.78, 5) is 14.3. The number of ether oxygens (including phenoxy) is 2. The van der Waals surface area contributed by atoms with Crippen LogP contribution in [0.1, 0.15) is 21.5 Å². The van der Waals surface area contributed by atoms with Crippen LogP contribution in [0.3, 0.4) is 0 Å². The van der Waals surface area contributed by atoms with Gasteiger partial charge in [-0.2, -0.15) is 0 Å². The molecule has 3 rings (SSSR count). The Labute approximate surface area is 133 Å². The highest BCUT2D eigenvalue weighted by molar-refractivity contribution is 6.10. The molecular formula is C17H16N2O4. The number of hydrogen-bond acceptors (Lipinski definition) is 5. The molecule has 2 aromatic rings. The number of methoxy groups -OCH3 is 2. The summed E-state index contributed by atoms with van der Waals surface area (Å²) in [6.07, 6.45) is 1.30. The average Bonchev–Trinajstić information content (AvgIpc) is 2.91. The molecule has 1 aliphatic rings. The molecule has 0 aliphatic carbocycles. The highest BCUT2D eigenvalue weighted by Crippen LogP contribution is 2.35. The van der Waals surface area contributed by atoms with Gasteiger partial charge in [0.2, 0.25) is 0 Å². The molecule has 0 saturated carbocycles. The smallest absolute Gasteiger partial charge is 0.258 e. The highest BCUT2D eigenvalue weighted by Gasteiger charge is 2.29. The third-order valence-corrected chi connectivity index (χ3v) is 3.82. The van der Waals surface area contributed by atoms with Crippen LogP contribution in [0.4, 0.5) is 5.69 Å². The van der Waals surface area contributed by atoms with Gasteiger partial charge in [-0.3, -0.25) is 4.79 Å². The SMILES string of the molecule is COc1ccc(N2Cc3ccc(C=NO)cc3C2=O)cc1OC. The number of rotatable bonds is 4. The monoisotopic (exact) mass is 312 g/mol. The normalized spacial score (nSPS) is 13.5. The second-order valence-corrected chi connectivity index (χ2v) is 5.09. The number of nitrogens with zero attached hydrogens (tertiary/aromatic N) is 2. The quantitative estimate of drug-likeness (QED) is 0.535. The van der Waals surface area contributed by atoms with Gasteiger partial charge in [-0.1, -0.05) is 17.3 Å². The van der Waals surface area contributed by atoms with Gasteiger partial charge in [0.05, 0.1) is 27.0 Å². The van der Waals surface area contributed by atoms with Crippen LogP contribution in [0.2, 0.25) is 0 Å². The predicted octanol–water partition coefficient (Wildman–Crippen LogP) is 2.67. The second-order valence-electron chi connectivity index (χ2n) is 5.09. The fourth-order valence-corrected chi connectivity index (χ4v) is 2.67. The second kappa shape index (κ2) is 6.00. The number of carbonyl (C=O) groups is 1. The van der Waals surface area contributed by atoms with Crippen LogP contribution in [0.15, 0.2) is 41.6 Å². The Hall–Kier alpha value is -3.02. The van der Waals surface area contributed by atoms with E-state index >= 15 is 0 Å². The van der Waals surface area contributed by atoms with Crippen molar-refractivity contribution in [1.29, 1.82) is 0 Å². The van der Waals surface area contributed by atoms with Crippen LogP contribution in [0.5, 0.6) is 11.5 Å². The topological polar surface area (TPSA) is 71.4 Å². The first-order chi connectivity index (χ1) is 11.2. The minimum absolute atomic E-state index is 0.0968. The minimum atomic E-state index is -0.0968. The van der Waals surface area contributed by atoms with Gasteiger partial charge in [-0.05, 0) is 29.3 Å². The van der Waals surface area contributed by atoms with E-state index in [2.05, 4.69) is 5.16 Å². The van der Waals surface area contributed by atoms with E-state index in [0.29, 0.717) is 29.2 Å². The van der Waals surface area contributed by atoms with Crippen LogP contribution in [0, 0.1) is 0 Å². The Morgan fingerprint density at radius 1 is 1.13 bits per heavy atom. The fraction of sp³-hybridized carbons (Fsp3) is 0.176. The van der Waals surface area contributed by atoms with Crippen molar-refractivity contribution in [3.05, 3.63) is 53.1 Å². The van der Waals surface area contributed by atoms with Gasteiger partial charge >= 0.3 is 0 Å². The lowest BCUT2D eigenvalue weighted by atomic mass is 10.1. The van der Waals surface area contributed by atoms with Gasteiger partial charge in [0.25, 0.3) is 5.91 Å². The summed E-state index contributed by atoms with van der Waals surface area (Å²) in [5.41, 5.74) is 2.95. The summed E-state index contributed by atoms with van der Waals surface area (Å²) >= 11 is 0. The van der Waals surface area contributed by atoms with Gasteiger partial charge in [0.15, 0.2) is 11.5 Å². The molecule has 1 amide bonds. The number of oxime groups is 1. The lowest BCUT2D eigenvalue weighted by Gasteiger charge is -2.17. The third kappa shape index (κ3) is 2.59. The molecule has 23 heavy (non-hydrogen) atoms. The maximum Gasteiger partial charge on any atom is 0.258 e. The van der Waals surface area contributed by atoms with Crippen LogP contribution >= 0.6 is 0 Å². The van der Waals surface area contributed by atoms with Gasteiger partial charge in [0, 0.05) is 17.3 Å². The zero-order valence-corrected chi connectivity index (χ0v) is 12.8. The maximum atomic E-state index is 12.7. The number of hydrogen-bond donors (Lipinski definition) is 1. The fourth-order valence-electron chi connectivity index (χ4n) is 2.67. The predicted molar refractivity (Wildman–Crippen MR) is 85.9 cm³/mol. The van der Waals surface area contributed by atoms with Gasteiger partial charge < -0.3 is 19.6 Å². The molecule has 6 nitrogen and oxygen atoms in total. The van der Waals surface area contributed by atoms with Gasteiger partial charge in [-0.15, -0.1) is 0 Å². The molecule has 0 radical (unpaired) electrons. The Kier molecular flexibility index (Phi) is 3.89. The van der Waals surface area contributed by atoms with Crippen LogP contribution in [-0.4, -0.2) is 31.5 Å². The van der Waals surface area contributed by atoms with Crippen LogP contribution in [-0.2, 0) is 6.54 Å². The van der Waals surface area contributed by atoms with E-state index in [0.717, 1.165) is 11.3 Å². The molecule has 0 fully saturated rings. The molecule has 0 spiro atoms. The molecule has 2 aromatic carbocycles. The van der Waals surface area contributed by atoms with Crippen molar-refractivity contribution in [2.45, 2.75) is 6.54 Å². The number of fused-ring (bicyclic) bond motifs is 1. The Morgan fingerprint density at radius 2 is 1.91 bits per heavy atom. The molecule has 1 N–H and O–H groups in total. The molecule has 6 heteroatoms. The lowest BCUT2D eigenvalue weighted by molar-refractivity contribution is 0.0996. The van der Waals surface area contributed by atoms with E-state index in [9.17, 15) is 4.79 Å². The van der Waals surface area contributed by atoms with E-state index < -0.39 is 0 Å². The maximum absolute atomic E-state index is 12.7. The Morgan fingerprint density at radius 3 is 2.61 bits per heavy atom. The van der Waals surface area contributed by atoms with Gasteiger partial charge in [-0.25, -0.2) is 0 Å². The molecule has 118 valence electrons. The lowest BCUT2D eigenvalue weighted by Crippen LogP contribution is -2.23. The van der Waals surface area contributed by atoms with E-state index in [1.165, 1.54) is 6.21 Å². The third-order valence-electron chi connectivity index (χ3n) is 3.82. The molecule has 0 aromatic heterocycles. The first kappa shape index (κ1) is 14.9. The molecular weight excluding hydrogens is 296 g/mol. The zero-order chi connectivity index (χ0) is 16.4. The Bertz CT molecular complexity index is 786. The standard InChI is InChI=1S/C17H16N2O4/c1-22-15-6-5-13(8-16(15)23-2)19-10-12-4-3-11(9-18-21)7-14(12)17(19)20/h3-9,21H,10H2,1-2H3. The average molecular weight is 312 g/mol.